The van der Waals surface area contributed by atoms with Crippen molar-refractivity contribution in [1.29, 1.82) is 0 Å². The smallest absolute Gasteiger partial charge is 0.274 e. The average Bonchev–Trinajstić information content (AvgIpc) is 3.54. The van der Waals surface area contributed by atoms with E-state index in [1.54, 1.807) is 0 Å². The van der Waals surface area contributed by atoms with Crippen LogP contribution in [-0.2, 0) is 45.9 Å². The van der Waals surface area contributed by atoms with Crippen LogP contribution in [0.25, 0.3) is 11.2 Å². The molecule has 0 aromatic carbocycles. The summed E-state index contributed by atoms with van der Waals surface area (Å²) in [5, 5.41) is 25.9. The van der Waals surface area contributed by atoms with E-state index < -0.39 is 78.6 Å². The summed E-state index contributed by atoms with van der Waals surface area (Å²) in [6, 6.07) is 1.42. The molecule has 1 aliphatic heterocycles. The predicted molar refractivity (Wildman–Crippen MR) is 157 cm³/mol. The van der Waals surface area contributed by atoms with E-state index >= 15 is 0 Å². The summed E-state index contributed by atoms with van der Waals surface area (Å²) in [7, 11) is -17.5. The minimum Gasteiger partial charge on any atom is -0.790 e. The number of aliphatic hydroxyl groups excluding tert-OH is 2. The Kier molecular flexibility index (Phi) is 13.7. The van der Waals surface area contributed by atoms with Gasteiger partial charge in [-0.25, -0.2) is 14.3 Å². The Bertz CT molecular complexity index is 1590. The van der Waals surface area contributed by atoms with Gasteiger partial charge in [0.05, 0.1) is 33.1 Å². The number of carbonyl (C=O) groups is 2. The third kappa shape index (κ3) is 11.2. The first kappa shape index (κ1) is 40.4. The summed E-state index contributed by atoms with van der Waals surface area (Å²) >= 11 is 3.94. The second-order valence-corrected chi connectivity index (χ2v) is 15.4. The Labute approximate surface area is 278 Å². The Hall–Kier alpha value is -2.04. The normalized spacial score (nSPS) is 23.4. The van der Waals surface area contributed by atoms with E-state index in [-0.39, 0.29) is 35.7 Å². The highest BCUT2D eigenvalue weighted by molar-refractivity contribution is 7.80. The van der Waals surface area contributed by atoms with Crippen molar-refractivity contribution >= 4 is 64.8 Å². The highest BCUT2D eigenvalue weighted by atomic mass is 32.1. The molecule has 272 valence electrons. The number of amides is 2. The fraction of sp³-hybridized carbons (Fsp3) is 0.636. The van der Waals surface area contributed by atoms with Gasteiger partial charge < -0.3 is 69.0 Å². The Morgan fingerprint density at radius 3 is 2.46 bits per heavy atom. The number of nitrogens with zero attached hydrogens (tertiary/aromatic N) is 3. The summed E-state index contributed by atoms with van der Waals surface area (Å²) in [4.78, 5) is 79.5. The van der Waals surface area contributed by atoms with Crippen LogP contribution in [0.3, 0.4) is 0 Å². The molecule has 7 atom stereocenters. The quantitative estimate of drug-likeness (QED) is 0.0631. The number of aliphatic hydroxyl groups is 2. The number of rotatable bonds is 18. The second-order valence-electron chi connectivity index (χ2n) is 10.8. The number of thiol groups is 1. The number of pyridine rings is 1. The van der Waals surface area contributed by atoms with E-state index in [0.717, 1.165) is 10.9 Å². The molecule has 0 radical (unpaired) electrons. The molecule has 6 N–H and O–H groups in total. The van der Waals surface area contributed by atoms with Gasteiger partial charge in [-0.2, -0.15) is 12.6 Å². The van der Waals surface area contributed by atoms with Gasteiger partial charge in [0.2, 0.25) is 11.8 Å². The van der Waals surface area contributed by atoms with Gasteiger partial charge in [0.1, 0.15) is 29.9 Å². The molecule has 2 amide bonds. The van der Waals surface area contributed by atoms with Crippen molar-refractivity contribution in [3.63, 3.8) is 0 Å². The van der Waals surface area contributed by atoms with E-state index in [0.29, 0.717) is 12.3 Å². The molecule has 0 aliphatic carbocycles. The van der Waals surface area contributed by atoms with Gasteiger partial charge in [-0.15, -0.1) is 0 Å². The number of hydrogen-bond donors (Lipinski definition) is 6. The van der Waals surface area contributed by atoms with E-state index in [1.165, 1.54) is 26.1 Å². The molecule has 48 heavy (non-hydrogen) atoms. The molecular weight excluding hydrogens is 729 g/mol. The van der Waals surface area contributed by atoms with Crippen molar-refractivity contribution < 1.29 is 75.7 Å². The highest BCUT2D eigenvalue weighted by Gasteiger charge is 2.47. The summed E-state index contributed by atoms with van der Waals surface area (Å²) in [6.45, 7) is 0.352. The molecular formula is C22H33N6O16P3S-4. The highest BCUT2D eigenvalue weighted by Crippen LogP contribution is 2.56. The lowest BCUT2D eigenvalue weighted by Gasteiger charge is -2.36. The zero-order valence-corrected chi connectivity index (χ0v) is 28.8. The topological polar surface area (TPSA) is 345 Å². The van der Waals surface area contributed by atoms with Crippen LogP contribution in [0.5, 0.6) is 0 Å². The molecule has 3 heterocycles. The number of anilines is 1. The Morgan fingerprint density at radius 2 is 1.81 bits per heavy atom. The van der Waals surface area contributed by atoms with Gasteiger partial charge in [-0.3, -0.25) is 23.3 Å². The summed E-state index contributed by atoms with van der Waals surface area (Å²) in [6.07, 6.45) is -7.04. The number of phosphoric acid groups is 3. The molecule has 0 bridgehead atoms. The van der Waals surface area contributed by atoms with Gasteiger partial charge in [-0.1, -0.05) is 13.8 Å². The first-order valence-corrected chi connectivity index (χ1v) is 18.7. The molecule has 26 heteroatoms. The van der Waals surface area contributed by atoms with E-state index in [9.17, 15) is 53.1 Å². The number of ether oxygens (including phenoxy) is 1. The number of nitrogens with one attached hydrogen (secondary N) is 2. The number of nitrogen functional groups attached to an aromatic ring is 1. The largest absolute Gasteiger partial charge is 0.790 e. The number of imidazole rings is 1. The molecule has 2 aromatic rings. The monoisotopic (exact) mass is 762 g/mol. The third-order valence-corrected chi connectivity index (χ3v) is 9.83. The summed E-state index contributed by atoms with van der Waals surface area (Å²) in [5.74, 6) is -0.975. The fourth-order valence-electron chi connectivity index (χ4n) is 4.20. The van der Waals surface area contributed by atoms with Crippen molar-refractivity contribution in [2.45, 2.75) is 50.9 Å². The van der Waals surface area contributed by atoms with E-state index in [2.05, 4.69) is 51.1 Å². The number of aromatic nitrogens is 3. The first-order chi connectivity index (χ1) is 22.2. The summed E-state index contributed by atoms with van der Waals surface area (Å²) in [5.41, 5.74) is 4.57. The first-order valence-electron chi connectivity index (χ1n) is 13.7. The predicted octanol–water partition coefficient (Wildman–Crippen LogP) is -3.59. The third-order valence-electron chi connectivity index (χ3n) is 6.59. The number of fused-ring (bicyclic) bond motifs is 1. The van der Waals surface area contributed by atoms with Crippen molar-refractivity contribution in [1.82, 2.24) is 25.2 Å². The second kappa shape index (κ2) is 16.3. The fourth-order valence-corrected chi connectivity index (χ4v) is 7.04. The molecule has 3 rings (SSSR count). The Morgan fingerprint density at radius 1 is 1.15 bits per heavy atom. The number of phosphoric ester groups is 3. The van der Waals surface area contributed by atoms with Crippen LogP contribution in [0, 0.1) is 5.41 Å². The van der Waals surface area contributed by atoms with Crippen LogP contribution in [0.1, 0.15) is 26.5 Å². The van der Waals surface area contributed by atoms with Crippen LogP contribution in [0.15, 0.2) is 18.6 Å². The van der Waals surface area contributed by atoms with E-state index in [4.69, 9.17) is 10.5 Å². The van der Waals surface area contributed by atoms with Crippen LogP contribution >= 0.6 is 36.1 Å². The lowest BCUT2D eigenvalue weighted by Crippen LogP contribution is -2.46. The number of hydrogen-bond acceptors (Lipinski definition) is 20. The zero-order chi connectivity index (χ0) is 36.1. The molecule has 1 fully saturated rings. The molecule has 0 spiro atoms. The average molecular weight is 763 g/mol. The lowest BCUT2D eigenvalue weighted by atomic mass is 9.87. The Balaban J connectivity index is 1.61. The minimum absolute atomic E-state index is 0.0481. The van der Waals surface area contributed by atoms with Crippen molar-refractivity contribution in [3.05, 3.63) is 18.6 Å². The van der Waals surface area contributed by atoms with Crippen LogP contribution < -0.4 is 35.9 Å². The van der Waals surface area contributed by atoms with Crippen molar-refractivity contribution in [2.75, 3.05) is 37.8 Å². The minimum atomic E-state index is -5.87. The zero-order valence-electron chi connectivity index (χ0n) is 25.2. The summed E-state index contributed by atoms with van der Waals surface area (Å²) < 4.78 is 60.2. The van der Waals surface area contributed by atoms with Crippen LogP contribution in [0.4, 0.5) is 5.69 Å². The lowest BCUT2D eigenvalue weighted by molar-refractivity contribution is -0.347. The maximum absolute atomic E-state index is 12.4. The molecule has 2 aromatic heterocycles. The molecule has 1 saturated heterocycles. The van der Waals surface area contributed by atoms with E-state index in [1.807, 2.05) is 0 Å². The van der Waals surface area contributed by atoms with Crippen molar-refractivity contribution in [3.8, 4) is 0 Å². The van der Waals surface area contributed by atoms with Crippen molar-refractivity contribution in [2.24, 2.45) is 5.41 Å². The number of carbonyl (C=O) groups excluding carboxylic acids is 2. The molecule has 22 nitrogen and oxygen atoms in total. The van der Waals surface area contributed by atoms with Crippen LogP contribution in [-0.4, -0.2) is 93.0 Å². The van der Waals surface area contributed by atoms with Gasteiger partial charge in [-0.05, 0) is 6.07 Å². The van der Waals surface area contributed by atoms with Gasteiger partial charge >= 0.3 is 0 Å². The maximum atomic E-state index is 12.4. The molecule has 0 saturated carbocycles. The van der Waals surface area contributed by atoms with Gasteiger partial charge in [0, 0.05) is 36.9 Å². The number of nitrogens with two attached hydrogens (primary N) is 1. The SMILES string of the molecule is CC(C)(COP(=O)([O-])OP(=O)([O-])OC[C@H]1O[C@@H](n2cnc3c(N)ccnc32)C(O)[C@H]1OP(=O)([O-])[O-])[C@@H](O)C(=O)NCCC(=O)NCCS. The van der Waals surface area contributed by atoms with Crippen LogP contribution in [0.2, 0.25) is 0 Å². The standard InChI is InChI=1S/C22H37N6O16P3S/c1-22(2,18(31)20(32)26-6-4-14(29)24-7-8-48)10-41-47(38,39)44-46(36,37)40-9-13-17(43-45(33,34)35)16(30)21(42-13)28-11-27-15-12(23)3-5-25-19(15)28/h3,5,11,13,16-18,21,30-31,48H,4,6-10H2,1-2H3,(H2,23,25)(H,24,29)(H,26,32)(H,36,37)(H,38,39)(H2,33,34,35)/p-4/t13-,16?,17+,18+,21-/m1/s1. The van der Waals surface area contributed by atoms with Gasteiger partial charge in [0.25, 0.3) is 15.6 Å². The molecule has 3 unspecified atom stereocenters. The molecule has 1 aliphatic rings. The maximum Gasteiger partial charge on any atom is 0.274 e. The van der Waals surface area contributed by atoms with Gasteiger partial charge in [0.15, 0.2) is 11.9 Å².